The summed E-state index contributed by atoms with van der Waals surface area (Å²) < 4.78 is 0. The van der Waals surface area contributed by atoms with Gasteiger partial charge in [0, 0.05) is 23.7 Å². The number of hydrogen-bond donors (Lipinski definition) is 1. The Morgan fingerprint density at radius 1 is 1.10 bits per heavy atom. The molecule has 0 spiro atoms. The summed E-state index contributed by atoms with van der Waals surface area (Å²) in [5.41, 5.74) is 1.96. The first-order chi connectivity index (χ1) is 14.2. The zero-order valence-electron chi connectivity index (χ0n) is 16.8. The third kappa shape index (κ3) is 4.92. The summed E-state index contributed by atoms with van der Waals surface area (Å²) in [7, 11) is 0. The summed E-state index contributed by atoms with van der Waals surface area (Å²) in [6, 6.07) is 20.5. The van der Waals surface area contributed by atoms with Gasteiger partial charge in [-0.3, -0.25) is 9.69 Å². The van der Waals surface area contributed by atoms with Crippen molar-refractivity contribution < 1.29 is 4.79 Å². The van der Waals surface area contributed by atoms with E-state index >= 15 is 0 Å². The van der Waals surface area contributed by atoms with Crippen molar-refractivity contribution in [3.63, 3.8) is 0 Å². The van der Waals surface area contributed by atoms with E-state index in [2.05, 4.69) is 22.1 Å². The van der Waals surface area contributed by atoms with Crippen molar-refractivity contribution >= 4 is 22.4 Å². The van der Waals surface area contributed by atoms with Gasteiger partial charge in [-0.1, -0.05) is 67.1 Å². The zero-order chi connectivity index (χ0) is 20.1. The van der Waals surface area contributed by atoms with Gasteiger partial charge in [0.2, 0.25) is 5.91 Å². The first kappa shape index (κ1) is 19.8. The van der Waals surface area contributed by atoms with E-state index in [9.17, 15) is 4.79 Å². The van der Waals surface area contributed by atoms with Crippen LogP contribution in [-0.2, 0) is 11.3 Å². The molecule has 2 aromatic carbocycles. The molecule has 1 aromatic heterocycles. The molecule has 4 nitrogen and oxygen atoms in total. The Morgan fingerprint density at radius 3 is 2.38 bits per heavy atom. The number of carbonyl (C=O) groups excluding carboxylic acids is 1. The van der Waals surface area contributed by atoms with E-state index in [0.29, 0.717) is 11.2 Å². The van der Waals surface area contributed by atoms with Gasteiger partial charge in [0.15, 0.2) is 5.13 Å². The first-order valence-corrected chi connectivity index (χ1v) is 11.1. The van der Waals surface area contributed by atoms with Gasteiger partial charge in [-0.25, -0.2) is 4.98 Å². The van der Waals surface area contributed by atoms with Crippen molar-refractivity contribution in [3.05, 3.63) is 82.9 Å². The molecule has 1 aliphatic heterocycles. The van der Waals surface area contributed by atoms with Crippen molar-refractivity contribution in [2.75, 3.05) is 11.9 Å². The minimum absolute atomic E-state index is 0.0466. The molecule has 0 aliphatic carbocycles. The summed E-state index contributed by atoms with van der Waals surface area (Å²) in [6.45, 7) is 4.35. The molecule has 0 saturated carbocycles. The number of nitrogens with one attached hydrogen (secondary N) is 1. The molecule has 1 atom stereocenters. The highest BCUT2D eigenvalue weighted by atomic mass is 32.1. The van der Waals surface area contributed by atoms with E-state index in [0.717, 1.165) is 24.2 Å². The van der Waals surface area contributed by atoms with Crippen molar-refractivity contribution in [3.8, 4) is 0 Å². The molecule has 1 saturated heterocycles. The molecule has 1 aliphatic rings. The Kier molecular flexibility index (Phi) is 6.37. The van der Waals surface area contributed by atoms with Crippen molar-refractivity contribution in [1.82, 2.24) is 9.88 Å². The summed E-state index contributed by atoms with van der Waals surface area (Å²) in [4.78, 5) is 21.4. The molecule has 1 unspecified atom stereocenters. The highest BCUT2D eigenvalue weighted by molar-refractivity contribution is 7.15. The van der Waals surface area contributed by atoms with Gasteiger partial charge in [0.25, 0.3) is 0 Å². The number of carbonyl (C=O) groups is 1. The van der Waals surface area contributed by atoms with Crippen LogP contribution in [0.3, 0.4) is 0 Å². The Balaban J connectivity index is 1.49. The molecule has 1 fully saturated rings. The maximum atomic E-state index is 13.2. The Morgan fingerprint density at radius 2 is 1.76 bits per heavy atom. The molecule has 4 rings (SSSR count). The predicted octanol–water partition coefficient (Wildman–Crippen LogP) is 5.29. The van der Waals surface area contributed by atoms with Crippen LogP contribution >= 0.6 is 11.3 Å². The van der Waals surface area contributed by atoms with Crippen LogP contribution in [0.25, 0.3) is 0 Å². The van der Waals surface area contributed by atoms with Crippen LogP contribution in [0, 0.1) is 0 Å². The topological polar surface area (TPSA) is 45.2 Å². The van der Waals surface area contributed by atoms with Gasteiger partial charge < -0.3 is 5.32 Å². The normalized spacial score (nSPS) is 17.4. The predicted molar refractivity (Wildman–Crippen MR) is 119 cm³/mol. The number of aromatic nitrogens is 1. The number of hydrogen-bond acceptors (Lipinski definition) is 4. The largest absolute Gasteiger partial charge is 0.301 e. The number of anilines is 1. The molecule has 2 heterocycles. The molecular weight excluding hydrogens is 378 g/mol. The fraction of sp³-hybridized carbons (Fsp3) is 0.333. The van der Waals surface area contributed by atoms with Gasteiger partial charge in [-0.15, -0.1) is 11.3 Å². The molecule has 150 valence electrons. The van der Waals surface area contributed by atoms with Gasteiger partial charge >= 0.3 is 0 Å². The summed E-state index contributed by atoms with van der Waals surface area (Å²) in [6.07, 6.45) is 5.75. The molecule has 1 amide bonds. The summed E-state index contributed by atoms with van der Waals surface area (Å²) in [5.74, 6) is -0.401. The van der Waals surface area contributed by atoms with Gasteiger partial charge in [0.05, 0.1) is 5.92 Å². The summed E-state index contributed by atoms with van der Waals surface area (Å²) >= 11 is 1.58. The summed E-state index contributed by atoms with van der Waals surface area (Å²) in [5, 5.41) is 3.73. The molecule has 3 aromatic rings. The lowest BCUT2D eigenvalue weighted by Crippen LogP contribution is -2.36. The molecule has 0 bridgehead atoms. The van der Waals surface area contributed by atoms with Crippen LogP contribution in [-0.4, -0.2) is 28.4 Å². The van der Waals surface area contributed by atoms with Crippen LogP contribution in [0.15, 0.2) is 66.9 Å². The van der Waals surface area contributed by atoms with Crippen LogP contribution < -0.4 is 5.32 Å². The lowest BCUT2D eigenvalue weighted by molar-refractivity contribution is -0.116. The fourth-order valence-electron chi connectivity index (χ4n) is 3.99. The second-order valence-corrected chi connectivity index (χ2v) is 8.81. The number of benzene rings is 2. The second kappa shape index (κ2) is 9.33. The standard InChI is InChI=1S/C24H27N3OS/c1-18-10-8-9-15-27(18)17-21-16-25-24(29-21)26-23(28)22(19-11-4-2-5-12-19)20-13-6-3-7-14-20/h2-7,11-14,16,18,22H,8-10,15,17H2,1H3,(H,25,26,28). The Bertz CT molecular complexity index is 886. The van der Waals surface area contributed by atoms with Crippen molar-refractivity contribution in [2.24, 2.45) is 0 Å². The van der Waals surface area contributed by atoms with Crippen LogP contribution in [0.1, 0.15) is 48.1 Å². The number of thiazole rings is 1. The van der Waals surface area contributed by atoms with Gasteiger partial charge in [-0.2, -0.15) is 0 Å². The van der Waals surface area contributed by atoms with Crippen LogP contribution in [0.4, 0.5) is 5.13 Å². The highest BCUT2D eigenvalue weighted by Crippen LogP contribution is 2.28. The average molecular weight is 406 g/mol. The fourth-order valence-corrected chi connectivity index (χ4v) is 4.84. The van der Waals surface area contributed by atoms with Crippen LogP contribution in [0.5, 0.6) is 0 Å². The first-order valence-electron chi connectivity index (χ1n) is 10.3. The number of piperidine rings is 1. The van der Waals surface area contributed by atoms with E-state index < -0.39 is 0 Å². The zero-order valence-corrected chi connectivity index (χ0v) is 17.6. The molecule has 5 heteroatoms. The SMILES string of the molecule is CC1CCCCN1Cc1cnc(NC(=O)C(c2ccccc2)c2ccccc2)s1. The lowest BCUT2D eigenvalue weighted by atomic mass is 9.90. The number of rotatable bonds is 6. The quantitative estimate of drug-likeness (QED) is 0.606. The van der Waals surface area contributed by atoms with E-state index in [1.54, 1.807) is 11.3 Å². The average Bonchev–Trinajstić information content (AvgIpc) is 3.18. The Hall–Kier alpha value is -2.50. The van der Waals surface area contributed by atoms with Gasteiger partial charge in [0.1, 0.15) is 0 Å². The Labute approximate surface area is 176 Å². The number of nitrogens with zero attached hydrogens (tertiary/aromatic N) is 2. The van der Waals surface area contributed by atoms with Crippen molar-refractivity contribution in [1.29, 1.82) is 0 Å². The monoisotopic (exact) mass is 405 g/mol. The third-order valence-electron chi connectivity index (χ3n) is 5.61. The van der Waals surface area contributed by atoms with Gasteiger partial charge in [-0.05, 0) is 37.4 Å². The maximum absolute atomic E-state index is 13.2. The van der Waals surface area contributed by atoms with Crippen LogP contribution in [0.2, 0.25) is 0 Å². The van der Waals surface area contributed by atoms with E-state index in [-0.39, 0.29) is 11.8 Å². The number of likely N-dealkylation sites (tertiary alicyclic amines) is 1. The number of amides is 1. The minimum atomic E-state index is -0.355. The molecule has 29 heavy (non-hydrogen) atoms. The third-order valence-corrected chi connectivity index (χ3v) is 6.51. The second-order valence-electron chi connectivity index (χ2n) is 7.69. The minimum Gasteiger partial charge on any atom is -0.301 e. The van der Waals surface area contributed by atoms with E-state index in [1.807, 2.05) is 66.9 Å². The molecular formula is C24H27N3OS. The van der Waals surface area contributed by atoms with Crippen molar-refractivity contribution in [2.45, 2.75) is 44.7 Å². The molecule has 0 radical (unpaired) electrons. The van der Waals surface area contributed by atoms with E-state index in [1.165, 1.54) is 24.1 Å². The lowest BCUT2D eigenvalue weighted by Gasteiger charge is -2.32. The van der Waals surface area contributed by atoms with E-state index in [4.69, 9.17) is 0 Å². The maximum Gasteiger partial charge on any atom is 0.238 e. The molecule has 1 N–H and O–H groups in total. The highest BCUT2D eigenvalue weighted by Gasteiger charge is 2.24. The smallest absolute Gasteiger partial charge is 0.238 e.